The van der Waals surface area contributed by atoms with Crippen molar-refractivity contribution in [3.05, 3.63) is 35.6 Å². The molecular weight excluding hydrogens is 171 g/mol. The van der Waals surface area contributed by atoms with Gasteiger partial charge in [-0.25, -0.2) is 4.39 Å². The van der Waals surface area contributed by atoms with Gasteiger partial charge in [0.2, 0.25) is 0 Å². The molecule has 0 aromatic heterocycles. The molecule has 0 N–H and O–H groups in total. The molecule has 1 aromatic rings. The Morgan fingerprint density at radius 2 is 2.17 bits per heavy atom. The maximum atomic E-state index is 12.7. The van der Waals surface area contributed by atoms with Crippen LogP contribution in [0.5, 0.6) is 0 Å². The second kappa shape index (κ2) is 4.51. The van der Waals surface area contributed by atoms with Gasteiger partial charge in [-0.15, -0.1) is 0 Å². The van der Waals surface area contributed by atoms with E-state index in [0.29, 0.717) is 5.25 Å². The molecule has 0 saturated carbocycles. The lowest BCUT2D eigenvalue weighted by molar-refractivity contribution is 0.626. The molecule has 0 aliphatic heterocycles. The summed E-state index contributed by atoms with van der Waals surface area (Å²) in [5.41, 5.74) is 1.06. The number of hydrogen-bond donors (Lipinski definition) is 0. The molecule has 1 rings (SSSR count). The molecule has 0 unspecified atom stereocenters. The summed E-state index contributed by atoms with van der Waals surface area (Å²) >= 11 is 1.83. The fourth-order valence-corrected chi connectivity index (χ4v) is 1.59. The lowest BCUT2D eigenvalue weighted by Gasteiger charge is -2.04. The molecule has 2 heteroatoms. The largest absolute Gasteiger partial charge is 0.207 e. The quantitative estimate of drug-likeness (QED) is 0.693. The highest BCUT2D eigenvalue weighted by atomic mass is 32.2. The van der Waals surface area contributed by atoms with Crippen molar-refractivity contribution in [2.75, 3.05) is 0 Å². The molecule has 0 aliphatic carbocycles. The van der Waals surface area contributed by atoms with Gasteiger partial charge in [0.1, 0.15) is 5.82 Å². The summed E-state index contributed by atoms with van der Waals surface area (Å²) in [4.78, 5) is 0. The van der Waals surface area contributed by atoms with Gasteiger partial charge in [-0.3, -0.25) is 0 Å². The van der Waals surface area contributed by atoms with Gasteiger partial charge in [0.25, 0.3) is 0 Å². The summed E-state index contributed by atoms with van der Waals surface area (Å²) in [6.45, 7) is 4.29. The van der Waals surface area contributed by atoms with Crippen LogP contribution >= 0.6 is 11.8 Å². The van der Waals surface area contributed by atoms with Gasteiger partial charge in [-0.1, -0.05) is 26.0 Å². The molecule has 0 bridgehead atoms. The van der Waals surface area contributed by atoms with Crippen LogP contribution in [-0.2, 0) is 5.75 Å². The van der Waals surface area contributed by atoms with Crippen molar-refractivity contribution < 1.29 is 4.39 Å². The first-order valence-electron chi connectivity index (χ1n) is 4.04. The fraction of sp³-hybridized carbons (Fsp3) is 0.400. The Kier molecular flexibility index (Phi) is 3.60. The summed E-state index contributed by atoms with van der Waals surface area (Å²) in [6, 6.07) is 6.78. The average molecular weight is 184 g/mol. The molecule has 66 valence electrons. The summed E-state index contributed by atoms with van der Waals surface area (Å²) < 4.78 is 12.7. The van der Waals surface area contributed by atoms with Crippen LogP contribution in [0, 0.1) is 5.82 Å². The van der Waals surface area contributed by atoms with E-state index < -0.39 is 0 Å². The third-order valence-electron chi connectivity index (χ3n) is 1.47. The standard InChI is InChI=1S/C10H13FS/c1-8(2)12-7-9-4-3-5-10(11)6-9/h3-6,8H,7H2,1-2H3. The molecule has 0 amide bonds. The van der Waals surface area contributed by atoms with Crippen molar-refractivity contribution >= 4 is 11.8 Å². The third-order valence-corrected chi connectivity index (χ3v) is 2.64. The SMILES string of the molecule is CC(C)SCc1cccc(F)c1. The van der Waals surface area contributed by atoms with Crippen LogP contribution in [-0.4, -0.2) is 5.25 Å². The van der Waals surface area contributed by atoms with E-state index in [9.17, 15) is 4.39 Å². The van der Waals surface area contributed by atoms with Crippen molar-refractivity contribution in [3.8, 4) is 0 Å². The number of halogens is 1. The Balaban J connectivity index is 2.52. The zero-order valence-corrected chi connectivity index (χ0v) is 8.20. The van der Waals surface area contributed by atoms with Crippen LogP contribution in [0.15, 0.2) is 24.3 Å². The summed E-state index contributed by atoms with van der Waals surface area (Å²) in [6.07, 6.45) is 0. The monoisotopic (exact) mass is 184 g/mol. The first-order chi connectivity index (χ1) is 5.68. The minimum Gasteiger partial charge on any atom is -0.207 e. The lowest BCUT2D eigenvalue weighted by Crippen LogP contribution is -1.89. The number of thioether (sulfide) groups is 1. The Morgan fingerprint density at radius 1 is 1.42 bits per heavy atom. The molecular formula is C10H13FS. The van der Waals surface area contributed by atoms with Gasteiger partial charge in [0, 0.05) is 5.75 Å². The molecule has 0 spiro atoms. The van der Waals surface area contributed by atoms with Crippen LogP contribution in [0.2, 0.25) is 0 Å². The van der Waals surface area contributed by atoms with Crippen LogP contribution in [0.3, 0.4) is 0 Å². The van der Waals surface area contributed by atoms with E-state index in [0.717, 1.165) is 11.3 Å². The van der Waals surface area contributed by atoms with Gasteiger partial charge in [-0.2, -0.15) is 11.8 Å². The maximum Gasteiger partial charge on any atom is 0.123 e. The Bertz CT molecular complexity index is 245. The van der Waals surface area contributed by atoms with E-state index in [2.05, 4.69) is 13.8 Å². The van der Waals surface area contributed by atoms with Gasteiger partial charge in [0.05, 0.1) is 0 Å². The highest BCUT2D eigenvalue weighted by Crippen LogP contribution is 2.17. The van der Waals surface area contributed by atoms with E-state index in [1.807, 2.05) is 17.8 Å². The lowest BCUT2D eigenvalue weighted by atomic mass is 10.2. The number of hydrogen-bond acceptors (Lipinski definition) is 1. The number of benzene rings is 1. The molecule has 0 fully saturated rings. The van der Waals surface area contributed by atoms with Crippen LogP contribution in [0.4, 0.5) is 4.39 Å². The first-order valence-corrected chi connectivity index (χ1v) is 5.09. The zero-order valence-electron chi connectivity index (χ0n) is 7.38. The molecule has 1 aromatic carbocycles. The predicted molar refractivity (Wildman–Crippen MR) is 52.8 cm³/mol. The average Bonchev–Trinajstić information content (AvgIpc) is 2.01. The molecule has 0 radical (unpaired) electrons. The summed E-state index contributed by atoms with van der Waals surface area (Å²) in [5, 5.41) is 0.605. The van der Waals surface area contributed by atoms with E-state index in [-0.39, 0.29) is 5.82 Å². The minimum atomic E-state index is -0.142. The van der Waals surface area contributed by atoms with Gasteiger partial charge in [-0.05, 0) is 22.9 Å². The normalized spacial score (nSPS) is 10.7. The fourth-order valence-electron chi connectivity index (χ4n) is 0.890. The highest BCUT2D eigenvalue weighted by Gasteiger charge is 1.97. The highest BCUT2D eigenvalue weighted by molar-refractivity contribution is 7.99. The van der Waals surface area contributed by atoms with Crippen molar-refractivity contribution in [3.63, 3.8) is 0 Å². The van der Waals surface area contributed by atoms with E-state index in [1.54, 1.807) is 12.1 Å². The maximum absolute atomic E-state index is 12.7. The van der Waals surface area contributed by atoms with Crippen molar-refractivity contribution in [2.45, 2.75) is 24.9 Å². The zero-order chi connectivity index (χ0) is 8.97. The van der Waals surface area contributed by atoms with Gasteiger partial charge in [0.15, 0.2) is 0 Å². The molecule has 0 aliphatic rings. The van der Waals surface area contributed by atoms with E-state index in [1.165, 1.54) is 6.07 Å². The number of rotatable bonds is 3. The molecule has 0 heterocycles. The van der Waals surface area contributed by atoms with Crippen molar-refractivity contribution in [2.24, 2.45) is 0 Å². The third kappa shape index (κ3) is 3.26. The van der Waals surface area contributed by atoms with E-state index in [4.69, 9.17) is 0 Å². The van der Waals surface area contributed by atoms with Crippen molar-refractivity contribution in [1.82, 2.24) is 0 Å². The van der Waals surface area contributed by atoms with Crippen LogP contribution < -0.4 is 0 Å². The van der Waals surface area contributed by atoms with Crippen molar-refractivity contribution in [1.29, 1.82) is 0 Å². The van der Waals surface area contributed by atoms with Crippen LogP contribution in [0.25, 0.3) is 0 Å². The smallest absolute Gasteiger partial charge is 0.123 e. The molecule has 0 nitrogen and oxygen atoms in total. The van der Waals surface area contributed by atoms with E-state index >= 15 is 0 Å². The van der Waals surface area contributed by atoms with Gasteiger partial charge < -0.3 is 0 Å². The topological polar surface area (TPSA) is 0 Å². The molecule has 0 atom stereocenters. The summed E-state index contributed by atoms with van der Waals surface area (Å²) in [5.74, 6) is 0.756. The first kappa shape index (κ1) is 9.59. The Morgan fingerprint density at radius 3 is 2.75 bits per heavy atom. The summed E-state index contributed by atoms with van der Waals surface area (Å²) in [7, 11) is 0. The molecule has 12 heavy (non-hydrogen) atoms. The van der Waals surface area contributed by atoms with Crippen LogP contribution in [0.1, 0.15) is 19.4 Å². The Hall–Kier alpha value is -0.500. The Labute approximate surface area is 77.2 Å². The predicted octanol–water partition coefficient (Wildman–Crippen LogP) is 3.47. The second-order valence-corrected chi connectivity index (χ2v) is 4.55. The second-order valence-electron chi connectivity index (χ2n) is 2.99. The molecule has 0 saturated heterocycles. The van der Waals surface area contributed by atoms with Gasteiger partial charge >= 0.3 is 0 Å². The minimum absolute atomic E-state index is 0.142.